The van der Waals surface area contributed by atoms with Crippen molar-refractivity contribution in [2.75, 3.05) is 18.9 Å². The van der Waals surface area contributed by atoms with Gasteiger partial charge < -0.3 is 10.2 Å². The molecule has 0 bridgehead atoms. The number of aryl methyl sites for hydroxylation is 3. The van der Waals surface area contributed by atoms with Crippen molar-refractivity contribution in [3.05, 3.63) is 64.7 Å². The Morgan fingerprint density at radius 3 is 2.40 bits per heavy atom. The summed E-state index contributed by atoms with van der Waals surface area (Å²) in [6.45, 7) is 2.03. The minimum atomic E-state index is -0.197. The molecule has 4 nitrogen and oxygen atoms in total. The molecular formula is C21H24N2O2. The highest BCUT2D eigenvalue weighted by Gasteiger charge is 2.17. The third-order valence-corrected chi connectivity index (χ3v) is 4.66. The van der Waals surface area contributed by atoms with Gasteiger partial charge in [-0.1, -0.05) is 23.8 Å². The highest BCUT2D eigenvalue weighted by molar-refractivity contribution is 5.99. The molecule has 130 valence electrons. The zero-order valence-corrected chi connectivity index (χ0v) is 14.8. The number of nitrogens with one attached hydrogen (secondary N) is 1. The highest BCUT2D eigenvalue weighted by Crippen LogP contribution is 2.22. The van der Waals surface area contributed by atoms with Crippen molar-refractivity contribution < 1.29 is 9.59 Å². The Morgan fingerprint density at radius 1 is 1.00 bits per heavy atom. The van der Waals surface area contributed by atoms with Crippen LogP contribution in [-0.4, -0.2) is 30.3 Å². The van der Waals surface area contributed by atoms with Crippen LogP contribution in [0.3, 0.4) is 0 Å². The standard InChI is InChI=1S/C21H24N2O2/c1-15-7-11-19(12-8-15)22-20(24)14-23(2)21(25)18-10-9-16-5-3-4-6-17(16)13-18/h7-13H,3-6,14H2,1-2H3,(H,22,24). The first kappa shape index (κ1) is 17.2. The molecule has 0 saturated carbocycles. The van der Waals surface area contributed by atoms with Crippen LogP contribution in [0, 0.1) is 6.92 Å². The lowest BCUT2D eigenvalue weighted by atomic mass is 9.90. The van der Waals surface area contributed by atoms with Crippen LogP contribution in [0.2, 0.25) is 0 Å². The summed E-state index contributed by atoms with van der Waals surface area (Å²) in [5, 5.41) is 2.82. The van der Waals surface area contributed by atoms with E-state index in [1.165, 1.54) is 28.9 Å². The van der Waals surface area contributed by atoms with Crippen molar-refractivity contribution in [3.8, 4) is 0 Å². The van der Waals surface area contributed by atoms with E-state index in [-0.39, 0.29) is 18.4 Å². The summed E-state index contributed by atoms with van der Waals surface area (Å²) in [5.74, 6) is -0.315. The molecule has 3 rings (SSSR count). The van der Waals surface area contributed by atoms with Crippen LogP contribution in [0.15, 0.2) is 42.5 Å². The number of benzene rings is 2. The van der Waals surface area contributed by atoms with Gasteiger partial charge in [0.1, 0.15) is 0 Å². The average Bonchev–Trinajstić information content (AvgIpc) is 2.62. The van der Waals surface area contributed by atoms with Crippen LogP contribution in [0.4, 0.5) is 5.69 Å². The van der Waals surface area contributed by atoms with Crippen LogP contribution in [0.25, 0.3) is 0 Å². The van der Waals surface area contributed by atoms with Gasteiger partial charge in [-0.05, 0) is 68.0 Å². The lowest BCUT2D eigenvalue weighted by molar-refractivity contribution is -0.116. The number of fused-ring (bicyclic) bond motifs is 1. The maximum Gasteiger partial charge on any atom is 0.254 e. The van der Waals surface area contributed by atoms with Gasteiger partial charge in [0.05, 0.1) is 6.54 Å². The van der Waals surface area contributed by atoms with E-state index in [1.54, 1.807) is 7.05 Å². The quantitative estimate of drug-likeness (QED) is 0.928. The molecule has 1 aliphatic carbocycles. The van der Waals surface area contributed by atoms with Gasteiger partial charge >= 0.3 is 0 Å². The number of anilines is 1. The first-order valence-corrected chi connectivity index (χ1v) is 8.77. The molecule has 25 heavy (non-hydrogen) atoms. The zero-order chi connectivity index (χ0) is 17.8. The van der Waals surface area contributed by atoms with E-state index in [2.05, 4.69) is 11.4 Å². The maximum absolute atomic E-state index is 12.6. The first-order chi connectivity index (χ1) is 12.0. The van der Waals surface area contributed by atoms with Gasteiger partial charge in [-0.15, -0.1) is 0 Å². The number of likely N-dealkylation sites (N-methyl/N-ethyl adjacent to an activating group) is 1. The van der Waals surface area contributed by atoms with Gasteiger partial charge in [-0.3, -0.25) is 9.59 Å². The second kappa shape index (κ2) is 7.51. The Kier molecular flexibility index (Phi) is 5.17. The molecule has 0 heterocycles. The second-order valence-electron chi connectivity index (χ2n) is 6.77. The molecule has 2 aromatic rings. The predicted octanol–water partition coefficient (Wildman–Crippen LogP) is 3.58. The van der Waals surface area contributed by atoms with Crippen LogP contribution in [0.5, 0.6) is 0 Å². The van der Waals surface area contributed by atoms with Gasteiger partial charge in [0.2, 0.25) is 5.91 Å². The third kappa shape index (κ3) is 4.27. The van der Waals surface area contributed by atoms with E-state index in [0.29, 0.717) is 5.56 Å². The summed E-state index contributed by atoms with van der Waals surface area (Å²) < 4.78 is 0. The van der Waals surface area contributed by atoms with Crippen LogP contribution < -0.4 is 5.32 Å². The highest BCUT2D eigenvalue weighted by atomic mass is 16.2. The molecule has 4 heteroatoms. The molecule has 0 atom stereocenters. The SMILES string of the molecule is Cc1ccc(NC(=O)CN(C)C(=O)c2ccc3c(c2)CCCC3)cc1. The molecule has 1 N–H and O–H groups in total. The zero-order valence-electron chi connectivity index (χ0n) is 14.8. The normalized spacial score (nSPS) is 13.0. The summed E-state index contributed by atoms with van der Waals surface area (Å²) in [6, 6.07) is 13.5. The smallest absolute Gasteiger partial charge is 0.254 e. The first-order valence-electron chi connectivity index (χ1n) is 8.77. The number of rotatable bonds is 4. The fourth-order valence-electron chi connectivity index (χ4n) is 3.21. The Bertz CT molecular complexity index is 781. The molecule has 0 spiro atoms. The minimum absolute atomic E-state index is 0.0315. The van der Waals surface area contributed by atoms with E-state index in [4.69, 9.17) is 0 Å². The Morgan fingerprint density at radius 2 is 1.68 bits per heavy atom. The number of carbonyl (C=O) groups is 2. The molecule has 0 aromatic heterocycles. The molecule has 0 aliphatic heterocycles. The molecule has 2 aromatic carbocycles. The summed E-state index contributed by atoms with van der Waals surface area (Å²) in [6.07, 6.45) is 4.53. The average molecular weight is 336 g/mol. The van der Waals surface area contributed by atoms with E-state index in [9.17, 15) is 9.59 Å². The largest absolute Gasteiger partial charge is 0.332 e. The van der Waals surface area contributed by atoms with Gasteiger partial charge in [0.15, 0.2) is 0 Å². The fourth-order valence-corrected chi connectivity index (χ4v) is 3.21. The number of hydrogen-bond donors (Lipinski definition) is 1. The van der Waals surface area contributed by atoms with Gasteiger partial charge in [-0.2, -0.15) is 0 Å². The van der Waals surface area contributed by atoms with Crippen LogP contribution >= 0.6 is 0 Å². The van der Waals surface area contributed by atoms with Crippen LogP contribution in [0.1, 0.15) is 39.9 Å². The molecule has 1 aliphatic rings. The fraction of sp³-hybridized carbons (Fsp3) is 0.333. The minimum Gasteiger partial charge on any atom is -0.332 e. The molecule has 0 radical (unpaired) electrons. The topological polar surface area (TPSA) is 49.4 Å². The van der Waals surface area contributed by atoms with E-state index in [0.717, 1.165) is 24.1 Å². The van der Waals surface area contributed by atoms with E-state index >= 15 is 0 Å². The summed E-state index contributed by atoms with van der Waals surface area (Å²) in [7, 11) is 1.66. The molecule has 2 amide bonds. The second-order valence-corrected chi connectivity index (χ2v) is 6.77. The molecular weight excluding hydrogens is 312 g/mol. The van der Waals surface area contributed by atoms with Crippen molar-refractivity contribution in [1.29, 1.82) is 0 Å². The van der Waals surface area contributed by atoms with Crippen molar-refractivity contribution in [2.45, 2.75) is 32.6 Å². The number of carbonyl (C=O) groups excluding carboxylic acids is 2. The molecule has 0 unspecified atom stereocenters. The summed E-state index contributed by atoms with van der Waals surface area (Å²) in [5.41, 5.74) is 5.16. The lowest BCUT2D eigenvalue weighted by Gasteiger charge is -2.20. The maximum atomic E-state index is 12.6. The van der Waals surface area contributed by atoms with Gasteiger partial charge in [-0.25, -0.2) is 0 Å². The van der Waals surface area contributed by atoms with Crippen molar-refractivity contribution in [3.63, 3.8) is 0 Å². The van der Waals surface area contributed by atoms with E-state index < -0.39 is 0 Å². The summed E-state index contributed by atoms with van der Waals surface area (Å²) >= 11 is 0. The third-order valence-electron chi connectivity index (χ3n) is 4.66. The number of amides is 2. The van der Waals surface area contributed by atoms with Crippen molar-refractivity contribution in [2.24, 2.45) is 0 Å². The lowest BCUT2D eigenvalue weighted by Crippen LogP contribution is -2.35. The van der Waals surface area contributed by atoms with Gasteiger partial charge in [0, 0.05) is 18.3 Å². The predicted molar refractivity (Wildman–Crippen MR) is 99.9 cm³/mol. The van der Waals surface area contributed by atoms with Crippen molar-refractivity contribution >= 4 is 17.5 Å². The Labute approximate surface area is 148 Å². The Hall–Kier alpha value is -2.62. The van der Waals surface area contributed by atoms with Crippen LogP contribution in [-0.2, 0) is 17.6 Å². The number of nitrogens with zero attached hydrogens (tertiary/aromatic N) is 1. The Balaban J connectivity index is 1.62. The molecule has 0 saturated heterocycles. The van der Waals surface area contributed by atoms with Crippen molar-refractivity contribution in [1.82, 2.24) is 4.90 Å². The number of hydrogen-bond acceptors (Lipinski definition) is 2. The summed E-state index contributed by atoms with van der Waals surface area (Å²) in [4.78, 5) is 26.2. The van der Waals surface area contributed by atoms with Gasteiger partial charge in [0.25, 0.3) is 5.91 Å². The van der Waals surface area contributed by atoms with E-state index in [1.807, 2.05) is 43.3 Å². The molecule has 0 fully saturated rings. The monoisotopic (exact) mass is 336 g/mol.